The molecular weight excluding hydrogens is 268 g/mol. The monoisotopic (exact) mass is 274 g/mol. The minimum Gasteiger partial charge on any atom is -0.506 e. The van der Waals surface area contributed by atoms with Crippen molar-refractivity contribution in [2.24, 2.45) is 0 Å². The first-order valence-electron chi connectivity index (χ1n) is 3.81. The Bertz CT molecular complexity index is 427. The number of hydrogen-bond donors (Lipinski definition) is 2. The Labute approximate surface area is 93.4 Å². The van der Waals surface area contributed by atoms with Gasteiger partial charge in [0.15, 0.2) is 0 Å². The highest BCUT2D eigenvalue weighted by molar-refractivity contribution is 9.10. The fourth-order valence-corrected chi connectivity index (χ4v) is 1.49. The second kappa shape index (κ2) is 4.31. The first-order valence-corrected chi connectivity index (χ1v) is 4.60. The number of benzene rings is 1. The normalized spacial score (nSPS) is 9.73. The zero-order chi connectivity index (χ0) is 11.6. The Balaban J connectivity index is 3.41. The van der Waals surface area contributed by atoms with Crippen LogP contribution in [0.4, 0.5) is 0 Å². The van der Waals surface area contributed by atoms with Crippen LogP contribution in [0.1, 0.15) is 20.7 Å². The zero-order valence-corrected chi connectivity index (χ0v) is 9.24. The van der Waals surface area contributed by atoms with Crippen molar-refractivity contribution in [3.8, 4) is 5.75 Å². The van der Waals surface area contributed by atoms with Gasteiger partial charge in [-0.15, -0.1) is 0 Å². The number of carbonyl (C=O) groups excluding carboxylic acids is 1. The maximum atomic E-state index is 11.2. The van der Waals surface area contributed by atoms with Gasteiger partial charge in [-0.3, -0.25) is 0 Å². The molecule has 0 aliphatic heterocycles. The number of ether oxygens (including phenoxy) is 1. The lowest BCUT2D eigenvalue weighted by Gasteiger charge is -2.06. The van der Waals surface area contributed by atoms with Crippen LogP contribution < -0.4 is 0 Å². The first-order chi connectivity index (χ1) is 6.97. The third-order valence-corrected chi connectivity index (χ3v) is 2.17. The second-order valence-electron chi connectivity index (χ2n) is 2.65. The summed E-state index contributed by atoms with van der Waals surface area (Å²) in [6, 6.07) is 2.48. The van der Waals surface area contributed by atoms with Crippen molar-refractivity contribution in [2.75, 3.05) is 7.11 Å². The van der Waals surface area contributed by atoms with Gasteiger partial charge >= 0.3 is 11.9 Å². The van der Waals surface area contributed by atoms with Crippen LogP contribution in [0.5, 0.6) is 5.75 Å². The van der Waals surface area contributed by atoms with E-state index in [9.17, 15) is 14.7 Å². The topological polar surface area (TPSA) is 83.8 Å². The molecule has 0 aliphatic rings. The molecule has 1 aromatic rings. The summed E-state index contributed by atoms with van der Waals surface area (Å²) in [4.78, 5) is 21.9. The van der Waals surface area contributed by atoms with Crippen LogP contribution in [0, 0.1) is 0 Å². The Morgan fingerprint density at radius 2 is 1.87 bits per heavy atom. The Kier molecular flexibility index (Phi) is 3.31. The fourth-order valence-electron chi connectivity index (χ4n) is 1.03. The van der Waals surface area contributed by atoms with Crippen LogP contribution >= 0.6 is 15.9 Å². The van der Waals surface area contributed by atoms with Gasteiger partial charge in [-0.05, 0) is 12.1 Å². The summed E-state index contributed by atoms with van der Waals surface area (Å²) in [6.45, 7) is 0. The maximum absolute atomic E-state index is 11.2. The number of carboxylic acid groups (broad SMARTS) is 1. The Hall–Kier alpha value is -1.56. The molecule has 0 radical (unpaired) electrons. The molecule has 0 amide bonds. The van der Waals surface area contributed by atoms with E-state index in [0.29, 0.717) is 4.47 Å². The lowest BCUT2D eigenvalue weighted by Crippen LogP contribution is -2.06. The number of hydrogen-bond acceptors (Lipinski definition) is 4. The summed E-state index contributed by atoms with van der Waals surface area (Å²) in [7, 11) is 1.14. The molecule has 2 N–H and O–H groups in total. The smallest absolute Gasteiger partial charge is 0.341 e. The lowest BCUT2D eigenvalue weighted by molar-refractivity contribution is 0.0597. The zero-order valence-electron chi connectivity index (χ0n) is 7.65. The van der Waals surface area contributed by atoms with Crippen LogP contribution in [0.15, 0.2) is 16.6 Å². The molecular formula is C9H7BrO5. The number of halogens is 1. The van der Waals surface area contributed by atoms with Crippen molar-refractivity contribution < 1.29 is 24.5 Å². The molecule has 6 heteroatoms. The van der Waals surface area contributed by atoms with E-state index in [2.05, 4.69) is 20.7 Å². The van der Waals surface area contributed by atoms with Gasteiger partial charge in [0.05, 0.1) is 7.11 Å². The van der Waals surface area contributed by atoms with E-state index >= 15 is 0 Å². The van der Waals surface area contributed by atoms with Crippen LogP contribution in [0.2, 0.25) is 0 Å². The molecule has 0 saturated carbocycles. The summed E-state index contributed by atoms with van der Waals surface area (Å²) in [5, 5.41) is 18.2. The van der Waals surface area contributed by atoms with Gasteiger partial charge in [0.2, 0.25) is 0 Å². The SMILES string of the molecule is COC(=O)c1cc(Br)cc(C(=O)O)c1O. The predicted molar refractivity (Wildman–Crippen MR) is 54.1 cm³/mol. The molecule has 0 spiro atoms. The summed E-state index contributed by atoms with van der Waals surface area (Å²) < 4.78 is 4.77. The van der Waals surface area contributed by atoms with Crippen molar-refractivity contribution in [3.05, 3.63) is 27.7 Å². The van der Waals surface area contributed by atoms with Gasteiger partial charge in [-0.1, -0.05) is 15.9 Å². The molecule has 1 aromatic carbocycles. The Morgan fingerprint density at radius 3 is 2.33 bits per heavy atom. The number of carboxylic acids is 1. The van der Waals surface area contributed by atoms with E-state index in [-0.39, 0.29) is 11.1 Å². The average molecular weight is 275 g/mol. The molecule has 0 aliphatic carbocycles. The van der Waals surface area contributed by atoms with Crippen LogP contribution in [0.3, 0.4) is 0 Å². The van der Waals surface area contributed by atoms with Crippen LogP contribution in [0.25, 0.3) is 0 Å². The van der Waals surface area contributed by atoms with E-state index in [1.165, 1.54) is 12.1 Å². The third kappa shape index (κ3) is 2.27. The molecule has 1 rings (SSSR count). The van der Waals surface area contributed by atoms with Gasteiger partial charge < -0.3 is 14.9 Å². The Morgan fingerprint density at radius 1 is 1.33 bits per heavy atom. The van der Waals surface area contributed by atoms with E-state index < -0.39 is 17.7 Å². The first kappa shape index (κ1) is 11.5. The molecule has 0 aromatic heterocycles. The van der Waals surface area contributed by atoms with Gasteiger partial charge in [-0.2, -0.15) is 0 Å². The number of phenols is 1. The van der Waals surface area contributed by atoms with Crippen molar-refractivity contribution >= 4 is 27.9 Å². The number of aromatic carboxylic acids is 1. The van der Waals surface area contributed by atoms with Crippen molar-refractivity contribution in [1.82, 2.24) is 0 Å². The molecule has 15 heavy (non-hydrogen) atoms. The standard InChI is InChI=1S/C9H7BrO5/c1-15-9(14)6-3-4(10)2-5(7(6)11)8(12)13/h2-3,11H,1H3,(H,12,13). The summed E-state index contributed by atoms with van der Waals surface area (Å²) >= 11 is 3.03. The third-order valence-electron chi connectivity index (χ3n) is 1.71. The predicted octanol–water partition coefficient (Wildman–Crippen LogP) is 1.64. The number of aromatic hydroxyl groups is 1. The molecule has 0 bridgehead atoms. The number of esters is 1. The molecule has 5 nitrogen and oxygen atoms in total. The van der Waals surface area contributed by atoms with Crippen molar-refractivity contribution in [1.29, 1.82) is 0 Å². The van der Waals surface area contributed by atoms with E-state index in [1.54, 1.807) is 0 Å². The van der Waals surface area contributed by atoms with Gasteiger partial charge in [0, 0.05) is 4.47 Å². The molecule has 0 fully saturated rings. The highest BCUT2D eigenvalue weighted by atomic mass is 79.9. The minimum absolute atomic E-state index is 0.190. The minimum atomic E-state index is -1.32. The lowest BCUT2D eigenvalue weighted by atomic mass is 10.1. The van der Waals surface area contributed by atoms with Crippen LogP contribution in [-0.4, -0.2) is 29.3 Å². The fraction of sp³-hybridized carbons (Fsp3) is 0.111. The van der Waals surface area contributed by atoms with Crippen LogP contribution in [-0.2, 0) is 4.74 Å². The van der Waals surface area contributed by atoms with Gasteiger partial charge in [-0.25, -0.2) is 9.59 Å². The van der Waals surface area contributed by atoms with Gasteiger partial charge in [0.25, 0.3) is 0 Å². The largest absolute Gasteiger partial charge is 0.506 e. The molecule has 0 saturated heterocycles. The highest BCUT2D eigenvalue weighted by Crippen LogP contribution is 2.27. The molecule has 0 unspecified atom stereocenters. The number of rotatable bonds is 2. The van der Waals surface area contributed by atoms with Gasteiger partial charge in [0.1, 0.15) is 16.9 Å². The summed E-state index contributed by atoms with van der Waals surface area (Å²) in [6.07, 6.45) is 0. The van der Waals surface area contributed by atoms with E-state index in [1.807, 2.05) is 0 Å². The maximum Gasteiger partial charge on any atom is 0.341 e. The summed E-state index contributed by atoms with van der Waals surface area (Å²) in [5.41, 5.74) is -0.547. The quantitative estimate of drug-likeness (QED) is 0.801. The molecule has 0 atom stereocenters. The highest BCUT2D eigenvalue weighted by Gasteiger charge is 2.19. The van der Waals surface area contributed by atoms with E-state index in [0.717, 1.165) is 7.11 Å². The molecule has 0 heterocycles. The molecule has 80 valence electrons. The van der Waals surface area contributed by atoms with Crippen molar-refractivity contribution in [3.63, 3.8) is 0 Å². The van der Waals surface area contributed by atoms with Crippen molar-refractivity contribution in [2.45, 2.75) is 0 Å². The number of methoxy groups -OCH3 is 1. The number of carbonyl (C=O) groups is 2. The second-order valence-corrected chi connectivity index (χ2v) is 3.56. The summed E-state index contributed by atoms with van der Waals surface area (Å²) in [5.74, 6) is -2.71. The average Bonchev–Trinajstić information content (AvgIpc) is 2.19. The van der Waals surface area contributed by atoms with E-state index in [4.69, 9.17) is 5.11 Å².